The molecule has 0 aromatic heterocycles. The van der Waals surface area contributed by atoms with Gasteiger partial charge >= 0.3 is 0 Å². The second-order valence-corrected chi connectivity index (χ2v) is 5.45. The van der Waals surface area contributed by atoms with Gasteiger partial charge in [-0.15, -0.1) is 0 Å². The second kappa shape index (κ2) is 6.18. The SMILES string of the molecule is COc1ccc(C(C#N)N[C@H]2c3ccccc3C[C@H]2O)cc1. The van der Waals surface area contributed by atoms with Crippen LogP contribution in [0.5, 0.6) is 5.75 Å². The standard InChI is InChI=1S/C18H18N2O2/c1-22-14-8-6-12(7-9-14)16(11-19)20-18-15-5-3-2-4-13(15)10-17(18)21/h2-9,16-18,20-21H,10H2,1H3/t16?,17-,18+/m1/s1. The maximum absolute atomic E-state index is 10.3. The molecule has 0 saturated carbocycles. The molecule has 0 amide bonds. The fourth-order valence-electron chi connectivity index (χ4n) is 2.96. The highest BCUT2D eigenvalue weighted by Crippen LogP contribution is 2.33. The molecular formula is C18H18N2O2. The average molecular weight is 294 g/mol. The molecular weight excluding hydrogens is 276 g/mol. The van der Waals surface area contributed by atoms with Crippen molar-refractivity contribution in [3.05, 3.63) is 65.2 Å². The fraction of sp³-hybridized carbons (Fsp3) is 0.278. The highest BCUT2D eigenvalue weighted by atomic mass is 16.5. The smallest absolute Gasteiger partial charge is 0.121 e. The number of ether oxygens (including phenoxy) is 1. The molecule has 22 heavy (non-hydrogen) atoms. The second-order valence-electron chi connectivity index (χ2n) is 5.45. The largest absolute Gasteiger partial charge is 0.497 e. The van der Waals surface area contributed by atoms with E-state index in [1.165, 1.54) is 0 Å². The first-order valence-corrected chi connectivity index (χ1v) is 7.28. The van der Waals surface area contributed by atoms with Gasteiger partial charge in [-0.05, 0) is 28.8 Å². The summed E-state index contributed by atoms with van der Waals surface area (Å²) in [7, 11) is 1.61. The minimum atomic E-state index is -0.508. The highest BCUT2D eigenvalue weighted by molar-refractivity contribution is 5.38. The van der Waals surface area contributed by atoms with Crippen LogP contribution in [0.3, 0.4) is 0 Å². The van der Waals surface area contributed by atoms with Crippen LogP contribution in [-0.2, 0) is 6.42 Å². The molecule has 0 saturated heterocycles. The fourth-order valence-corrected chi connectivity index (χ4v) is 2.96. The topological polar surface area (TPSA) is 65.3 Å². The predicted molar refractivity (Wildman–Crippen MR) is 83.4 cm³/mol. The summed E-state index contributed by atoms with van der Waals surface area (Å²) in [5, 5.41) is 23.0. The van der Waals surface area contributed by atoms with Gasteiger partial charge in [0.2, 0.25) is 0 Å². The molecule has 2 aromatic rings. The lowest BCUT2D eigenvalue weighted by Gasteiger charge is -2.22. The van der Waals surface area contributed by atoms with E-state index in [1.54, 1.807) is 7.11 Å². The van der Waals surface area contributed by atoms with E-state index in [0.717, 1.165) is 22.4 Å². The number of benzene rings is 2. The van der Waals surface area contributed by atoms with Crippen LogP contribution in [0.15, 0.2) is 48.5 Å². The zero-order chi connectivity index (χ0) is 15.5. The molecule has 0 heterocycles. The van der Waals surface area contributed by atoms with Crippen LogP contribution in [0.4, 0.5) is 0 Å². The van der Waals surface area contributed by atoms with Crippen LogP contribution < -0.4 is 10.1 Å². The minimum Gasteiger partial charge on any atom is -0.497 e. The number of aliphatic hydroxyl groups is 1. The molecule has 0 radical (unpaired) electrons. The quantitative estimate of drug-likeness (QED) is 0.909. The van der Waals surface area contributed by atoms with Crippen molar-refractivity contribution in [3.8, 4) is 11.8 Å². The van der Waals surface area contributed by atoms with Gasteiger partial charge in [0.05, 0.1) is 25.3 Å². The molecule has 0 bridgehead atoms. The molecule has 4 heteroatoms. The van der Waals surface area contributed by atoms with Crippen LogP contribution in [0.1, 0.15) is 28.8 Å². The van der Waals surface area contributed by atoms with Crippen molar-refractivity contribution in [2.45, 2.75) is 24.6 Å². The van der Waals surface area contributed by atoms with Crippen LogP contribution in [0, 0.1) is 11.3 Å². The number of nitriles is 1. The zero-order valence-corrected chi connectivity index (χ0v) is 12.4. The Balaban J connectivity index is 1.82. The summed E-state index contributed by atoms with van der Waals surface area (Å²) < 4.78 is 5.14. The average Bonchev–Trinajstić information content (AvgIpc) is 2.88. The lowest BCUT2D eigenvalue weighted by atomic mass is 10.0. The Morgan fingerprint density at radius 3 is 2.64 bits per heavy atom. The Morgan fingerprint density at radius 1 is 1.23 bits per heavy atom. The molecule has 3 rings (SSSR count). The van der Waals surface area contributed by atoms with E-state index in [9.17, 15) is 10.4 Å². The first kappa shape index (κ1) is 14.6. The van der Waals surface area contributed by atoms with E-state index < -0.39 is 12.1 Å². The van der Waals surface area contributed by atoms with Crippen molar-refractivity contribution in [2.75, 3.05) is 7.11 Å². The number of methoxy groups -OCH3 is 1. The van der Waals surface area contributed by atoms with Crippen molar-refractivity contribution in [3.63, 3.8) is 0 Å². The third-order valence-electron chi connectivity index (χ3n) is 4.13. The summed E-state index contributed by atoms with van der Waals surface area (Å²) in [5.41, 5.74) is 3.07. The van der Waals surface area contributed by atoms with Gasteiger partial charge in [0.15, 0.2) is 0 Å². The van der Waals surface area contributed by atoms with Crippen molar-refractivity contribution < 1.29 is 9.84 Å². The molecule has 0 spiro atoms. The van der Waals surface area contributed by atoms with Crippen LogP contribution in [-0.4, -0.2) is 18.3 Å². The summed E-state index contributed by atoms with van der Waals surface area (Å²) in [4.78, 5) is 0. The van der Waals surface area contributed by atoms with Gasteiger partial charge in [0, 0.05) is 6.42 Å². The third kappa shape index (κ3) is 2.69. The van der Waals surface area contributed by atoms with Crippen molar-refractivity contribution in [2.24, 2.45) is 0 Å². The molecule has 2 aromatic carbocycles. The molecule has 112 valence electrons. The van der Waals surface area contributed by atoms with Gasteiger partial charge < -0.3 is 9.84 Å². The van der Waals surface area contributed by atoms with E-state index in [0.29, 0.717) is 6.42 Å². The molecule has 1 aliphatic rings. The first-order chi connectivity index (χ1) is 10.7. The van der Waals surface area contributed by atoms with E-state index in [2.05, 4.69) is 11.4 Å². The maximum Gasteiger partial charge on any atom is 0.121 e. The third-order valence-corrected chi connectivity index (χ3v) is 4.13. The monoisotopic (exact) mass is 294 g/mol. The van der Waals surface area contributed by atoms with Crippen LogP contribution >= 0.6 is 0 Å². The normalized spacial score (nSPS) is 21.0. The lowest BCUT2D eigenvalue weighted by Crippen LogP contribution is -2.31. The number of hydrogen-bond donors (Lipinski definition) is 2. The summed E-state index contributed by atoms with van der Waals surface area (Å²) in [6.07, 6.45) is 0.112. The Morgan fingerprint density at radius 2 is 1.95 bits per heavy atom. The summed E-state index contributed by atoms with van der Waals surface area (Å²) >= 11 is 0. The maximum atomic E-state index is 10.3. The minimum absolute atomic E-state index is 0.219. The van der Waals surface area contributed by atoms with Gasteiger partial charge in [-0.1, -0.05) is 36.4 Å². The Bertz CT molecular complexity index is 691. The Kier molecular flexibility index (Phi) is 4.10. The van der Waals surface area contributed by atoms with Crippen LogP contribution in [0.25, 0.3) is 0 Å². The number of aliphatic hydroxyl groups excluding tert-OH is 1. The number of nitrogens with zero attached hydrogens (tertiary/aromatic N) is 1. The highest BCUT2D eigenvalue weighted by Gasteiger charge is 2.32. The number of hydrogen-bond acceptors (Lipinski definition) is 4. The van der Waals surface area contributed by atoms with Crippen molar-refractivity contribution in [1.29, 1.82) is 5.26 Å². The van der Waals surface area contributed by atoms with E-state index in [4.69, 9.17) is 4.74 Å². The molecule has 3 atom stereocenters. The summed E-state index contributed by atoms with van der Waals surface area (Å²) in [5.74, 6) is 0.756. The van der Waals surface area contributed by atoms with Gasteiger partial charge in [0.25, 0.3) is 0 Å². The Labute approximate surface area is 130 Å². The molecule has 1 unspecified atom stereocenters. The number of fused-ring (bicyclic) bond motifs is 1. The van der Waals surface area contributed by atoms with E-state index >= 15 is 0 Å². The Hall–Kier alpha value is -2.35. The van der Waals surface area contributed by atoms with Crippen molar-refractivity contribution >= 4 is 0 Å². The van der Waals surface area contributed by atoms with Gasteiger partial charge in [0.1, 0.15) is 11.8 Å². The van der Waals surface area contributed by atoms with Crippen LogP contribution in [0.2, 0.25) is 0 Å². The summed E-state index contributed by atoms with van der Waals surface area (Å²) in [6.45, 7) is 0. The molecule has 0 fully saturated rings. The van der Waals surface area contributed by atoms with Gasteiger partial charge in [-0.2, -0.15) is 5.26 Å². The lowest BCUT2D eigenvalue weighted by molar-refractivity contribution is 0.138. The van der Waals surface area contributed by atoms with E-state index in [-0.39, 0.29) is 6.04 Å². The van der Waals surface area contributed by atoms with E-state index in [1.807, 2.05) is 48.5 Å². The predicted octanol–water partition coefficient (Wildman–Crippen LogP) is 2.51. The molecule has 1 aliphatic carbocycles. The van der Waals surface area contributed by atoms with Gasteiger partial charge in [-0.3, -0.25) is 5.32 Å². The molecule has 0 aliphatic heterocycles. The van der Waals surface area contributed by atoms with Gasteiger partial charge in [-0.25, -0.2) is 0 Å². The molecule has 2 N–H and O–H groups in total. The molecule has 4 nitrogen and oxygen atoms in total. The first-order valence-electron chi connectivity index (χ1n) is 7.28. The summed E-state index contributed by atoms with van der Waals surface area (Å²) in [6, 6.07) is 16.9. The van der Waals surface area contributed by atoms with Crippen molar-refractivity contribution in [1.82, 2.24) is 5.32 Å². The zero-order valence-electron chi connectivity index (χ0n) is 12.4. The number of nitrogens with one attached hydrogen (secondary N) is 1. The number of rotatable bonds is 4.